The van der Waals surface area contributed by atoms with Gasteiger partial charge in [-0.3, -0.25) is 9.89 Å². The van der Waals surface area contributed by atoms with Crippen molar-refractivity contribution in [1.29, 1.82) is 0 Å². The Bertz CT molecular complexity index is 680. The standard InChI is InChI=1S/C19H23N3O/c23-19(12-15-8-7-14-4-1-2-6-17(14)15)22-11-3-5-16(13-22)18-9-10-20-21-18/h1-2,4,6,9-10,15-16H,3,5,7-8,11-13H2,(H,20,21)/t15-,16-/m0/s1. The molecule has 0 unspecified atom stereocenters. The number of carbonyl (C=O) groups excluding carboxylic acids is 1. The smallest absolute Gasteiger partial charge is 0.223 e. The average Bonchev–Trinajstić information content (AvgIpc) is 3.25. The largest absolute Gasteiger partial charge is 0.342 e. The van der Waals surface area contributed by atoms with Crippen molar-refractivity contribution >= 4 is 5.91 Å². The Morgan fingerprint density at radius 2 is 2.17 bits per heavy atom. The van der Waals surface area contributed by atoms with Crippen LogP contribution in [0, 0.1) is 0 Å². The lowest BCUT2D eigenvalue weighted by atomic mass is 9.93. The Kier molecular flexibility index (Phi) is 3.90. The molecule has 0 bridgehead atoms. The highest BCUT2D eigenvalue weighted by molar-refractivity contribution is 5.77. The molecule has 4 heteroatoms. The van der Waals surface area contributed by atoms with E-state index in [4.69, 9.17) is 0 Å². The van der Waals surface area contributed by atoms with Gasteiger partial charge >= 0.3 is 0 Å². The monoisotopic (exact) mass is 309 g/mol. The summed E-state index contributed by atoms with van der Waals surface area (Å²) < 4.78 is 0. The number of amides is 1. The zero-order valence-electron chi connectivity index (χ0n) is 13.4. The number of nitrogens with zero attached hydrogens (tertiary/aromatic N) is 2. The van der Waals surface area contributed by atoms with E-state index >= 15 is 0 Å². The van der Waals surface area contributed by atoms with Gasteiger partial charge in [-0.1, -0.05) is 24.3 Å². The third kappa shape index (κ3) is 2.90. The first-order chi connectivity index (χ1) is 11.3. The summed E-state index contributed by atoms with van der Waals surface area (Å²) in [4.78, 5) is 14.8. The normalized spacial score (nSPS) is 23.7. The van der Waals surface area contributed by atoms with E-state index in [9.17, 15) is 4.79 Å². The number of aryl methyl sites for hydroxylation is 1. The average molecular weight is 309 g/mol. The summed E-state index contributed by atoms with van der Waals surface area (Å²) in [6.07, 6.45) is 6.90. The molecule has 2 aromatic rings. The van der Waals surface area contributed by atoms with E-state index in [2.05, 4.69) is 39.4 Å². The van der Waals surface area contributed by atoms with Crippen LogP contribution >= 0.6 is 0 Å². The maximum Gasteiger partial charge on any atom is 0.223 e. The van der Waals surface area contributed by atoms with Gasteiger partial charge in [0.05, 0.1) is 0 Å². The number of carbonyl (C=O) groups is 1. The van der Waals surface area contributed by atoms with Gasteiger partial charge in [-0.25, -0.2) is 0 Å². The van der Waals surface area contributed by atoms with Crippen LogP contribution < -0.4 is 0 Å². The number of nitrogens with one attached hydrogen (secondary N) is 1. The minimum Gasteiger partial charge on any atom is -0.342 e. The van der Waals surface area contributed by atoms with E-state index in [-0.39, 0.29) is 0 Å². The van der Waals surface area contributed by atoms with E-state index in [0.717, 1.165) is 44.5 Å². The molecular weight excluding hydrogens is 286 g/mol. The molecule has 2 heterocycles. The molecule has 4 rings (SSSR count). The molecule has 120 valence electrons. The summed E-state index contributed by atoms with van der Waals surface area (Å²) in [5.41, 5.74) is 3.98. The Hall–Kier alpha value is -2.10. The first-order valence-electron chi connectivity index (χ1n) is 8.66. The highest BCUT2D eigenvalue weighted by Gasteiger charge is 2.29. The molecule has 1 amide bonds. The zero-order chi connectivity index (χ0) is 15.6. The number of hydrogen-bond acceptors (Lipinski definition) is 2. The van der Waals surface area contributed by atoms with E-state index < -0.39 is 0 Å². The Labute approximate surface area is 136 Å². The minimum absolute atomic E-state index is 0.316. The van der Waals surface area contributed by atoms with Crippen LogP contribution in [0.25, 0.3) is 0 Å². The maximum atomic E-state index is 12.8. The van der Waals surface area contributed by atoms with Crippen molar-refractivity contribution in [2.24, 2.45) is 0 Å². The molecule has 4 nitrogen and oxygen atoms in total. The second-order valence-corrected chi connectivity index (χ2v) is 6.83. The molecule has 1 aliphatic heterocycles. The molecule has 0 spiro atoms. The Morgan fingerprint density at radius 3 is 3.04 bits per heavy atom. The fraction of sp³-hybridized carbons (Fsp3) is 0.474. The van der Waals surface area contributed by atoms with Crippen molar-refractivity contribution in [2.75, 3.05) is 13.1 Å². The lowest BCUT2D eigenvalue weighted by molar-refractivity contribution is -0.132. The van der Waals surface area contributed by atoms with Gasteiger partial charge in [0, 0.05) is 37.3 Å². The summed E-state index contributed by atoms with van der Waals surface area (Å²) in [6.45, 7) is 1.73. The minimum atomic E-state index is 0.316. The number of fused-ring (bicyclic) bond motifs is 1. The first kappa shape index (κ1) is 14.5. The highest BCUT2D eigenvalue weighted by atomic mass is 16.2. The lowest BCUT2D eigenvalue weighted by Crippen LogP contribution is -2.39. The van der Waals surface area contributed by atoms with Crippen LogP contribution in [0.2, 0.25) is 0 Å². The molecule has 1 fully saturated rings. The number of hydrogen-bond donors (Lipinski definition) is 1. The van der Waals surface area contributed by atoms with Gasteiger partial charge in [-0.05, 0) is 48.8 Å². The summed E-state index contributed by atoms with van der Waals surface area (Å²) in [5.74, 6) is 1.13. The first-order valence-corrected chi connectivity index (χ1v) is 8.66. The molecule has 1 N–H and O–H groups in total. The van der Waals surface area contributed by atoms with Crippen LogP contribution in [0.15, 0.2) is 36.5 Å². The zero-order valence-corrected chi connectivity index (χ0v) is 13.4. The number of aromatic amines is 1. The molecule has 23 heavy (non-hydrogen) atoms. The van der Waals surface area contributed by atoms with Crippen LogP contribution in [0.5, 0.6) is 0 Å². The van der Waals surface area contributed by atoms with Crippen molar-refractivity contribution in [2.45, 2.75) is 43.9 Å². The van der Waals surface area contributed by atoms with Crippen LogP contribution in [-0.2, 0) is 11.2 Å². The number of H-pyrrole nitrogens is 1. The van der Waals surface area contributed by atoms with Gasteiger partial charge in [-0.15, -0.1) is 0 Å². The molecule has 2 atom stereocenters. The lowest BCUT2D eigenvalue weighted by Gasteiger charge is -2.33. The molecular formula is C19H23N3O. The second kappa shape index (κ2) is 6.19. The van der Waals surface area contributed by atoms with E-state index in [1.54, 1.807) is 6.20 Å². The summed E-state index contributed by atoms with van der Waals surface area (Å²) in [6, 6.07) is 10.6. The van der Waals surface area contributed by atoms with Gasteiger partial charge in [0.15, 0.2) is 0 Å². The second-order valence-electron chi connectivity index (χ2n) is 6.83. The van der Waals surface area contributed by atoms with Crippen LogP contribution in [-0.4, -0.2) is 34.1 Å². The van der Waals surface area contributed by atoms with Crippen molar-refractivity contribution in [3.63, 3.8) is 0 Å². The number of rotatable bonds is 3. The Balaban J connectivity index is 1.41. The summed E-state index contributed by atoms with van der Waals surface area (Å²) in [7, 11) is 0. The number of aromatic nitrogens is 2. The number of benzene rings is 1. The highest BCUT2D eigenvalue weighted by Crippen LogP contribution is 2.36. The number of piperidine rings is 1. The van der Waals surface area contributed by atoms with E-state index in [1.807, 2.05) is 6.07 Å². The molecule has 1 aromatic carbocycles. The fourth-order valence-electron chi connectivity index (χ4n) is 4.15. The van der Waals surface area contributed by atoms with Crippen LogP contribution in [0.4, 0.5) is 0 Å². The maximum absolute atomic E-state index is 12.8. The predicted octanol–water partition coefficient (Wildman–Crippen LogP) is 3.24. The predicted molar refractivity (Wildman–Crippen MR) is 89.3 cm³/mol. The summed E-state index contributed by atoms with van der Waals surface area (Å²) >= 11 is 0. The van der Waals surface area contributed by atoms with Gasteiger partial charge in [0.2, 0.25) is 5.91 Å². The van der Waals surface area contributed by atoms with Crippen molar-refractivity contribution in [3.05, 3.63) is 53.3 Å². The van der Waals surface area contributed by atoms with Gasteiger partial charge < -0.3 is 4.90 Å². The van der Waals surface area contributed by atoms with Crippen molar-refractivity contribution in [1.82, 2.24) is 15.1 Å². The molecule has 1 aromatic heterocycles. The van der Waals surface area contributed by atoms with Crippen molar-refractivity contribution < 1.29 is 4.79 Å². The third-order valence-corrected chi connectivity index (χ3v) is 5.41. The van der Waals surface area contributed by atoms with E-state index in [0.29, 0.717) is 24.2 Å². The Morgan fingerprint density at radius 1 is 1.26 bits per heavy atom. The number of likely N-dealkylation sites (tertiary alicyclic amines) is 1. The van der Waals surface area contributed by atoms with Crippen molar-refractivity contribution in [3.8, 4) is 0 Å². The fourth-order valence-corrected chi connectivity index (χ4v) is 4.15. The molecule has 1 aliphatic carbocycles. The quantitative estimate of drug-likeness (QED) is 0.946. The van der Waals surface area contributed by atoms with Gasteiger partial charge in [0.25, 0.3) is 0 Å². The van der Waals surface area contributed by atoms with Crippen LogP contribution in [0.1, 0.15) is 54.3 Å². The molecule has 1 saturated heterocycles. The van der Waals surface area contributed by atoms with Gasteiger partial charge in [0.1, 0.15) is 0 Å². The van der Waals surface area contributed by atoms with E-state index in [1.165, 1.54) is 11.1 Å². The van der Waals surface area contributed by atoms with Gasteiger partial charge in [-0.2, -0.15) is 5.10 Å². The molecule has 0 radical (unpaired) electrons. The van der Waals surface area contributed by atoms with Crippen LogP contribution in [0.3, 0.4) is 0 Å². The topological polar surface area (TPSA) is 49.0 Å². The summed E-state index contributed by atoms with van der Waals surface area (Å²) in [5, 5.41) is 7.11. The molecule has 0 saturated carbocycles. The third-order valence-electron chi connectivity index (χ3n) is 5.41. The SMILES string of the molecule is O=C(C[C@@H]1CCc2ccccc21)N1CCC[C@H](c2ccn[nH]2)C1. The molecule has 2 aliphatic rings.